The molecule has 12 heavy (non-hydrogen) atoms. The second-order valence-corrected chi connectivity index (χ2v) is 2.58. The van der Waals surface area contributed by atoms with Gasteiger partial charge in [0.25, 0.3) is 0 Å². The maximum Gasteiger partial charge on any atom is 0.183 e. The molecule has 2 rings (SSSR count). The highest BCUT2D eigenvalue weighted by Gasteiger charge is 2.03. The van der Waals surface area contributed by atoms with Crippen LogP contribution < -0.4 is 0 Å². The topological polar surface area (TPSA) is 43.6 Å². The van der Waals surface area contributed by atoms with Crippen LogP contribution in [0.1, 0.15) is 6.92 Å². The number of pyridine rings is 1. The Morgan fingerprint density at radius 2 is 2.42 bits per heavy atom. The molecule has 0 N–H and O–H groups in total. The second-order valence-electron chi connectivity index (χ2n) is 2.58. The van der Waals surface area contributed by atoms with Gasteiger partial charge in [-0.25, -0.2) is 4.98 Å². The van der Waals surface area contributed by atoms with Crippen molar-refractivity contribution in [2.24, 2.45) is 0 Å². The minimum absolute atomic E-state index is 0.755. The summed E-state index contributed by atoms with van der Waals surface area (Å²) >= 11 is 0. The third-order valence-corrected chi connectivity index (χ3v) is 1.57. The monoisotopic (exact) mass is 160 g/mol. The number of nitrogens with zero attached hydrogens (tertiary/aromatic N) is 4. The van der Waals surface area contributed by atoms with Crippen LogP contribution in [0.15, 0.2) is 24.9 Å². The van der Waals surface area contributed by atoms with Gasteiger partial charge in [-0.2, -0.15) is 4.68 Å². The van der Waals surface area contributed by atoms with Gasteiger partial charge in [-0.15, -0.1) is 5.10 Å². The molecule has 0 saturated heterocycles. The van der Waals surface area contributed by atoms with E-state index in [0.29, 0.717) is 0 Å². The van der Waals surface area contributed by atoms with Crippen molar-refractivity contribution in [2.45, 2.75) is 6.92 Å². The minimum Gasteiger partial charge on any atom is -0.235 e. The highest BCUT2D eigenvalue weighted by atomic mass is 15.4. The Bertz CT molecular complexity index is 429. The van der Waals surface area contributed by atoms with E-state index in [1.165, 1.54) is 0 Å². The number of fused-ring (bicyclic) bond motifs is 1. The van der Waals surface area contributed by atoms with Crippen LogP contribution in [0, 0.1) is 0 Å². The summed E-state index contributed by atoms with van der Waals surface area (Å²) in [5.74, 6) is 0. The number of rotatable bonds is 1. The molecule has 2 aromatic rings. The van der Waals surface area contributed by atoms with Gasteiger partial charge in [0.05, 0.1) is 0 Å². The molecule has 0 aromatic carbocycles. The van der Waals surface area contributed by atoms with Crippen molar-refractivity contribution >= 4 is 16.9 Å². The molecule has 0 saturated carbocycles. The molecule has 0 aliphatic heterocycles. The van der Waals surface area contributed by atoms with Crippen LogP contribution in [-0.2, 0) is 0 Å². The first-order chi connectivity index (χ1) is 5.79. The lowest BCUT2D eigenvalue weighted by atomic mass is 10.4. The van der Waals surface area contributed by atoms with Crippen LogP contribution in [0.4, 0.5) is 0 Å². The summed E-state index contributed by atoms with van der Waals surface area (Å²) in [6.45, 7) is 5.63. The lowest BCUT2D eigenvalue weighted by Gasteiger charge is -1.96. The van der Waals surface area contributed by atoms with Crippen LogP contribution in [0.25, 0.3) is 16.9 Å². The fourth-order valence-electron chi connectivity index (χ4n) is 1.02. The van der Waals surface area contributed by atoms with E-state index in [1.54, 1.807) is 10.9 Å². The summed E-state index contributed by atoms with van der Waals surface area (Å²) in [7, 11) is 0. The molecule has 0 atom stereocenters. The van der Waals surface area contributed by atoms with Gasteiger partial charge < -0.3 is 0 Å². The van der Waals surface area contributed by atoms with E-state index in [2.05, 4.69) is 21.9 Å². The number of hydrogen-bond acceptors (Lipinski definition) is 3. The summed E-state index contributed by atoms with van der Waals surface area (Å²) in [6.07, 6.45) is 1.71. The maximum atomic E-state index is 4.14. The van der Waals surface area contributed by atoms with Gasteiger partial charge in [0.2, 0.25) is 0 Å². The zero-order valence-corrected chi connectivity index (χ0v) is 6.73. The van der Waals surface area contributed by atoms with Gasteiger partial charge in [0.1, 0.15) is 5.52 Å². The zero-order chi connectivity index (χ0) is 8.55. The molecular formula is C8H8N4. The van der Waals surface area contributed by atoms with Crippen molar-refractivity contribution in [3.8, 4) is 0 Å². The van der Waals surface area contributed by atoms with Crippen LogP contribution >= 0.6 is 0 Å². The van der Waals surface area contributed by atoms with Crippen molar-refractivity contribution in [3.63, 3.8) is 0 Å². The summed E-state index contributed by atoms with van der Waals surface area (Å²) in [5.41, 5.74) is 2.36. The number of aromatic nitrogens is 4. The van der Waals surface area contributed by atoms with E-state index in [1.807, 2.05) is 19.1 Å². The second kappa shape index (κ2) is 2.41. The van der Waals surface area contributed by atoms with Crippen molar-refractivity contribution in [1.82, 2.24) is 20.0 Å². The van der Waals surface area contributed by atoms with Gasteiger partial charge in [-0.3, -0.25) is 0 Å². The summed E-state index contributed by atoms with van der Waals surface area (Å²) in [5, 5.41) is 7.83. The predicted octanol–water partition coefficient (Wildman–Crippen LogP) is 1.32. The Morgan fingerprint density at radius 3 is 3.17 bits per heavy atom. The summed E-state index contributed by atoms with van der Waals surface area (Å²) in [4.78, 5) is 4.14. The Labute approximate surface area is 69.5 Å². The van der Waals surface area contributed by atoms with Crippen LogP contribution in [0.2, 0.25) is 0 Å². The van der Waals surface area contributed by atoms with Crippen LogP contribution in [0.3, 0.4) is 0 Å². The van der Waals surface area contributed by atoms with Gasteiger partial charge in [-0.1, -0.05) is 11.8 Å². The molecule has 0 fully saturated rings. The SMILES string of the molecule is C=C(C)n1nnc2cccnc21. The number of allylic oxidation sites excluding steroid dienone is 1. The normalized spacial score (nSPS) is 10.4. The van der Waals surface area contributed by atoms with E-state index >= 15 is 0 Å². The van der Waals surface area contributed by atoms with E-state index in [4.69, 9.17) is 0 Å². The molecule has 0 radical (unpaired) electrons. The molecule has 0 amide bonds. The fourth-order valence-corrected chi connectivity index (χ4v) is 1.02. The van der Waals surface area contributed by atoms with E-state index in [9.17, 15) is 0 Å². The van der Waals surface area contributed by atoms with Gasteiger partial charge in [-0.05, 0) is 19.1 Å². The van der Waals surface area contributed by atoms with E-state index in [0.717, 1.165) is 16.9 Å². The molecule has 4 nitrogen and oxygen atoms in total. The van der Waals surface area contributed by atoms with E-state index in [-0.39, 0.29) is 0 Å². The average Bonchev–Trinajstić information content (AvgIpc) is 2.47. The third kappa shape index (κ3) is 0.887. The Balaban J connectivity index is 2.79. The Morgan fingerprint density at radius 1 is 1.58 bits per heavy atom. The quantitative estimate of drug-likeness (QED) is 0.631. The third-order valence-electron chi connectivity index (χ3n) is 1.57. The first-order valence-electron chi connectivity index (χ1n) is 3.61. The summed E-state index contributed by atoms with van der Waals surface area (Å²) in [6, 6.07) is 3.70. The molecule has 0 aliphatic rings. The zero-order valence-electron chi connectivity index (χ0n) is 6.73. The molecule has 0 spiro atoms. The molecule has 2 heterocycles. The highest BCUT2D eigenvalue weighted by Crippen LogP contribution is 2.09. The lowest BCUT2D eigenvalue weighted by molar-refractivity contribution is 0.830. The standard InChI is InChI=1S/C8H8N4/c1-6(2)12-8-7(10-11-12)4-3-5-9-8/h3-5H,1H2,2H3. The number of hydrogen-bond donors (Lipinski definition) is 0. The molecule has 4 heteroatoms. The van der Waals surface area contributed by atoms with Crippen molar-refractivity contribution in [3.05, 3.63) is 24.9 Å². The van der Waals surface area contributed by atoms with Crippen LogP contribution in [-0.4, -0.2) is 20.0 Å². The van der Waals surface area contributed by atoms with Crippen LogP contribution in [0.5, 0.6) is 0 Å². The Kier molecular flexibility index (Phi) is 1.40. The smallest absolute Gasteiger partial charge is 0.183 e. The van der Waals surface area contributed by atoms with Gasteiger partial charge in [0.15, 0.2) is 5.65 Å². The molecule has 0 bridgehead atoms. The van der Waals surface area contributed by atoms with E-state index < -0.39 is 0 Å². The average molecular weight is 160 g/mol. The first-order valence-corrected chi connectivity index (χ1v) is 3.61. The molecule has 0 aliphatic carbocycles. The molecule has 2 aromatic heterocycles. The van der Waals surface area contributed by atoms with Crippen molar-refractivity contribution < 1.29 is 0 Å². The molecule has 0 unspecified atom stereocenters. The Hall–Kier alpha value is -1.71. The lowest BCUT2D eigenvalue weighted by Crippen LogP contribution is -1.95. The van der Waals surface area contributed by atoms with Gasteiger partial charge >= 0.3 is 0 Å². The minimum atomic E-state index is 0.755. The van der Waals surface area contributed by atoms with Gasteiger partial charge in [0, 0.05) is 11.9 Å². The van der Waals surface area contributed by atoms with Crippen molar-refractivity contribution in [2.75, 3.05) is 0 Å². The fraction of sp³-hybridized carbons (Fsp3) is 0.125. The van der Waals surface area contributed by atoms with Crippen molar-refractivity contribution in [1.29, 1.82) is 0 Å². The first kappa shape index (κ1) is 6.97. The largest absolute Gasteiger partial charge is 0.235 e. The molecular weight excluding hydrogens is 152 g/mol. The maximum absolute atomic E-state index is 4.14. The predicted molar refractivity (Wildman–Crippen MR) is 46.3 cm³/mol. The summed E-state index contributed by atoms with van der Waals surface area (Å²) < 4.78 is 1.62. The highest BCUT2D eigenvalue weighted by molar-refractivity contribution is 5.72. The molecule has 60 valence electrons.